The van der Waals surface area contributed by atoms with Gasteiger partial charge in [-0.3, -0.25) is 4.79 Å². The zero-order valence-corrected chi connectivity index (χ0v) is 12.4. The lowest BCUT2D eigenvalue weighted by Gasteiger charge is -2.13. The Morgan fingerprint density at radius 2 is 2.22 bits per heavy atom. The Balaban J connectivity index is 2.37. The van der Waals surface area contributed by atoms with Gasteiger partial charge in [0.15, 0.2) is 0 Å². The quantitative estimate of drug-likeness (QED) is 0.809. The van der Waals surface area contributed by atoms with Crippen molar-refractivity contribution in [2.45, 2.75) is 32.6 Å². The molecule has 1 aromatic rings. The van der Waals surface area contributed by atoms with Crippen molar-refractivity contribution in [3.8, 4) is 0 Å². The molecule has 0 saturated carbocycles. The molecule has 100 valence electrons. The molecule has 0 spiro atoms. The molecule has 0 aliphatic heterocycles. The van der Waals surface area contributed by atoms with E-state index in [9.17, 15) is 4.79 Å². The van der Waals surface area contributed by atoms with E-state index >= 15 is 0 Å². The summed E-state index contributed by atoms with van der Waals surface area (Å²) in [6.45, 7) is 2.85. The molecule has 0 aromatic heterocycles. The predicted octanol–water partition coefficient (Wildman–Crippen LogP) is 3.54. The van der Waals surface area contributed by atoms with Crippen molar-refractivity contribution in [2.24, 2.45) is 11.7 Å². The van der Waals surface area contributed by atoms with Gasteiger partial charge in [-0.25, -0.2) is 0 Å². The summed E-state index contributed by atoms with van der Waals surface area (Å²) in [7, 11) is 0. The highest BCUT2D eigenvalue weighted by Gasteiger charge is 2.09. The highest BCUT2D eigenvalue weighted by Crippen LogP contribution is 2.18. The molecule has 3 N–H and O–H groups in total. The number of hydrogen-bond donors (Lipinski definition) is 2. The number of hydrogen-bond acceptors (Lipinski definition) is 2. The molecule has 0 fully saturated rings. The number of halogens is 1. The standard InChI is InChI=1S/C14H21BrN2O/c1-2-11(8-9-16)6-7-14(18)17-13-5-3-4-12(15)10-13/h3-5,10-11H,2,6-9,16H2,1H3,(H,17,18). The second-order valence-corrected chi connectivity index (χ2v) is 5.36. The van der Waals surface area contributed by atoms with Crippen LogP contribution in [0.4, 0.5) is 5.69 Å². The molecule has 1 rings (SSSR count). The van der Waals surface area contributed by atoms with Crippen molar-refractivity contribution in [2.75, 3.05) is 11.9 Å². The van der Waals surface area contributed by atoms with Crippen LogP contribution in [-0.4, -0.2) is 12.5 Å². The normalized spacial score (nSPS) is 12.2. The first-order valence-electron chi connectivity index (χ1n) is 6.41. The van der Waals surface area contributed by atoms with Crippen LogP contribution in [0.15, 0.2) is 28.7 Å². The highest BCUT2D eigenvalue weighted by atomic mass is 79.9. The first-order chi connectivity index (χ1) is 8.65. The molecular weight excluding hydrogens is 292 g/mol. The summed E-state index contributed by atoms with van der Waals surface area (Å²) >= 11 is 3.38. The van der Waals surface area contributed by atoms with Gasteiger partial charge in [0.05, 0.1) is 0 Å². The van der Waals surface area contributed by atoms with Gasteiger partial charge >= 0.3 is 0 Å². The molecule has 3 nitrogen and oxygen atoms in total. The van der Waals surface area contributed by atoms with Crippen LogP contribution in [0.2, 0.25) is 0 Å². The molecule has 1 amide bonds. The SMILES string of the molecule is CCC(CCN)CCC(=O)Nc1cccc(Br)c1. The summed E-state index contributed by atoms with van der Waals surface area (Å²) in [4.78, 5) is 11.8. The number of carbonyl (C=O) groups excluding carboxylic acids is 1. The third kappa shape index (κ3) is 5.65. The van der Waals surface area contributed by atoms with Crippen LogP contribution in [0.1, 0.15) is 32.6 Å². The summed E-state index contributed by atoms with van der Waals surface area (Å²) < 4.78 is 0.967. The summed E-state index contributed by atoms with van der Waals surface area (Å²) in [6, 6.07) is 7.63. The van der Waals surface area contributed by atoms with Crippen LogP contribution in [0.3, 0.4) is 0 Å². The fourth-order valence-corrected chi connectivity index (χ4v) is 2.31. The molecule has 1 atom stereocenters. The first kappa shape index (κ1) is 15.2. The van der Waals surface area contributed by atoms with Crippen molar-refractivity contribution in [3.05, 3.63) is 28.7 Å². The van der Waals surface area contributed by atoms with Crippen LogP contribution < -0.4 is 11.1 Å². The van der Waals surface area contributed by atoms with Gasteiger partial charge in [-0.2, -0.15) is 0 Å². The van der Waals surface area contributed by atoms with E-state index in [2.05, 4.69) is 28.2 Å². The Bertz CT molecular complexity index is 382. The minimum absolute atomic E-state index is 0.0728. The monoisotopic (exact) mass is 312 g/mol. The van der Waals surface area contributed by atoms with Crippen LogP contribution in [-0.2, 0) is 4.79 Å². The molecule has 0 radical (unpaired) electrons. The highest BCUT2D eigenvalue weighted by molar-refractivity contribution is 9.10. The van der Waals surface area contributed by atoms with Crippen molar-refractivity contribution in [1.29, 1.82) is 0 Å². The molecule has 0 aliphatic rings. The van der Waals surface area contributed by atoms with Crippen molar-refractivity contribution in [1.82, 2.24) is 0 Å². The summed E-state index contributed by atoms with van der Waals surface area (Å²) in [6.07, 6.45) is 3.56. The molecule has 0 bridgehead atoms. The van der Waals surface area contributed by atoms with Gasteiger partial charge in [-0.15, -0.1) is 0 Å². The maximum Gasteiger partial charge on any atom is 0.224 e. The van der Waals surface area contributed by atoms with Gasteiger partial charge in [-0.1, -0.05) is 35.3 Å². The van der Waals surface area contributed by atoms with Crippen LogP contribution in [0.5, 0.6) is 0 Å². The van der Waals surface area contributed by atoms with E-state index in [0.29, 0.717) is 18.9 Å². The van der Waals surface area contributed by atoms with E-state index in [-0.39, 0.29) is 5.91 Å². The van der Waals surface area contributed by atoms with Crippen molar-refractivity contribution >= 4 is 27.5 Å². The molecule has 0 heterocycles. The van der Waals surface area contributed by atoms with Crippen LogP contribution in [0, 0.1) is 5.92 Å². The maximum absolute atomic E-state index is 11.8. The molecule has 1 unspecified atom stereocenters. The maximum atomic E-state index is 11.8. The average molecular weight is 313 g/mol. The van der Waals surface area contributed by atoms with E-state index in [0.717, 1.165) is 29.4 Å². The van der Waals surface area contributed by atoms with Gasteiger partial charge in [0.1, 0.15) is 0 Å². The fourth-order valence-electron chi connectivity index (χ4n) is 1.91. The molecule has 0 saturated heterocycles. The molecule has 4 heteroatoms. The van der Waals surface area contributed by atoms with E-state index in [1.807, 2.05) is 24.3 Å². The summed E-state index contributed by atoms with van der Waals surface area (Å²) in [5, 5.41) is 2.90. The van der Waals surface area contributed by atoms with Gasteiger partial charge in [0, 0.05) is 16.6 Å². The Labute approximate surface area is 117 Å². The van der Waals surface area contributed by atoms with E-state index < -0.39 is 0 Å². The number of amides is 1. The number of rotatable bonds is 7. The lowest BCUT2D eigenvalue weighted by Crippen LogP contribution is -2.15. The first-order valence-corrected chi connectivity index (χ1v) is 7.20. The third-order valence-corrected chi connectivity index (χ3v) is 3.53. The van der Waals surface area contributed by atoms with Gasteiger partial charge in [0.25, 0.3) is 0 Å². The Hall–Kier alpha value is -0.870. The number of nitrogens with one attached hydrogen (secondary N) is 1. The smallest absolute Gasteiger partial charge is 0.224 e. The van der Waals surface area contributed by atoms with Gasteiger partial charge in [0.2, 0.25) is 5.91 Å². The Morgan fingerprint density at radius 1 is 1.44 bits per heavy atom. The topological polar surface area (TPSA) is 55.1 Å². The lowest BCUT2D eigenvalue weighted by atomic mass is 9.96. The Kier molecular flexibility index (Phi) is 6.98. The second kappa shape index (κ2) is 8.27. The predicted molar refractivity (Wildman–Crippen MR) is 79.5 cm³/mol. The average Bonchev–Trinajstić information content (AvgIpc) is 2.34. The van der Waals surface area contributed by atoms with Crippen molar-refractivity contribution in [3.63, 3.8) is 0 Å². The zero-order chi connectivity index (χ0) is 13.4. The molecular formula is C14H21BrN2O. The van der Waals surface area contributed by atoms with E-state index in [1.165, 1.54) is 0 Å². The number of nitrogens with two attached hydrogens (primary N) is 1. The summed E-state index contributed by atoms with van der Waals surface area (Å²) in [5.74, 6) is 0.631. The lowest BCUT2D eigenvalue weighted by molar-refractivity contribution is -0.116. The van der Waals surface area contributed by atoms with Gasteiger partial charge < -0.3 is 11.1 Å². The number of benzene rings is 1. The third-order valence-electron chi connectivity index (χ3n) is 3.04. The summed E-state index contributed by atoms with van der Waals surface area (Å²) in [5.41, 5.74) is 6.38. The number of carbonyl (C=O) groups is 1. The van der Waals surface area contributed by atoms with Crippen molar-refractivity contribution < 1.29 is 4.79 Å². The Morgan fingerprint density at radius 3 is 2.83 bits per heavy atom. The van der Waals surface area contributed by atoms with Crippen LogP contribution in [0.25, 0.3) is 0 Å². The van der Waals surface area contributed by atoms with Gasteiger partial charge in [-0.05, 0) is 43.5 Å². The second-order valence-electron chi connectivity index (χ2n) is 4.45. The minimum atomic E-state index is 0.0728. The van der Waals surface area contributed by atoms with E-state index in [1.54, 1.807) is 0 Å². The minimum Gasteiger partial charge on any atom is -0.330 e. The molecule has 1 aromatic carbocycles. The van der Waals surface area contributed by atoms with E-state index in [4.69, 9.17) is 5.73 Å². The largest absolute Gasteiger partial charge is 0.330 e. The van der Waals surface area contributed by atoms with Crippen LogP contribution >= 0.6 is 15.9 Å². The zero-order valence-electron chi connectivity index (χ0n) is 10.8. The molecule has 0 aliphatic carbocycles. The number of anilines is 1. The molecule has 18 heavy (non-hydrogen) atoms. The fraction of sp³-hybridized carbons (Fsp3) is 0.500.